The first-order valence-corrected chi connectivity index (χ1v) is 11.1. The molecule has 0 unspecified atom stereocenters. The third kappa shape index (κ3) is 10.0. The van der Waals surface area contributed by atoms with Crippen LogP contribution in [0.15, 0.2) is 0 Å². The van der Waals surface area contributed by atoms with E-state index in [1.807, 2.05) is 0 Å². The minimum Gasteiger partial charge on any atom is -0.479 e. The van der Waals surface area contributed by atoms with Gasteiger partial charge in [-0.15, -0.1) is 0 Å². The summed E-state index contributed by atoms with van der Waals surface area (Å²) in [5, 5.41) is 22.7. The molecule has 0 aliphatic heterocycles. The molecule has 0 radical (unpaired) electrons. The minimum absolute atomic E-state index is 0.113. The van der Waals surface area contributed by atoms with Crippen molar-refractivity contribution in [2.75, 3.05) is 25.5 Å². The van der Waals surface area contributed by atoms with Gasteiger partial charge in [-0.2, -0.15) is 8.42 Å². The Kier molecular flexibility index (Phi) is 11.4. The number of rotatable bonds is 15. The van der Waals surface area contributed by atoms with E-state index in [1.165, 1.54) is 20.8 Å². The normalized spacial score (nSPS) is 14.1. The molecule has 0 heterocycles. The van der Waals surface area contributed by atoms with Gasteiger partial charge in [0.1, 0.15) is 0 Å². The van der Waals surface area contributed by atoms with Crippen molar-refractivity contribution >= 4 is 28.0 Å². The molecule has 0 rings (SSSR count). The Balaban J connectivity index is 4.75. The van der Waals surface area contributed by atoms with E-state index in [4.69, 9.17) is 8.92 Å². The minimum atomic E-state index is -3.95. The molecule has 0 aliphatic carbocycles. The number of carbonyl (C=O) groups excluding carboxylic acids is 2. The zero-order chi connectivity index (χ0) is 22.7. The van der Waals surface area contributed by atoms with Crippen molar-refractivity contribution in [3.8, 4) is 0 Å². The number of carboxylic acid groups (broad SMARTS) is 1. The average Bonchev–Trinajstić information content (AvgIpc) is 2.62. The summed E-state index contributed by atoms with van der Waals surface area (Å²) in [5.74, 6) is -2.48. The van der Waals surface area contributed by atoms with Crippen molar-refractivity contribution in [2.45, 2.75) is 65.4 Å². The van der Waals surface area contributed by atoms with E-state index in [1.54, 1.807) is 6.92 Å². The maximum atomic E-state index is 12.0. The summed E-state index contributed by atoms with van der Waals surface area (Å²) >= 11 is 0. The lowest BCUT2D eigenvalue weighted by atomic mass is 9.72. The van der Waals surface area contributed by atoms with Crippen LogP contribution in [0.2, 0.25) is 0 Å². The number of unbranched alkanes of at least 4 members (excludes halogenated alkanes) is 1. The van der Waals surface area contributed by atoms with Gasteiger partial charge >= 0.3 is 11.9 Å². The molecule has 0 bridgehead atoms. The van der Waals surface area contributed by atoms with E-state index in [9.17, 15) is 33.0 Å². The predicted molar refractivity (Wildman–Crippen MR) is 105 cm³/mol. The molecule has 0 aromatic heterocycles. The fraction of sp³-hybridized carbons (Fsp3) is 0.833. The fourth-order valence-electron chi connectivity index (χ4n) is 2.43. The van der Waals surface area contributed by atoms with Crippen LogP contribution in [-0.2, 0) is 33.4 Å². The average molecular weight is 440 g/mol. The summed E-state index contributed by atoms with van der Waals surface area (Å²) in [6.07, 6.45) is 0.835. The van der Waals surface area contributed by atoms with E-state index >= 15 is 0 Å². The monoisotopic (exact) mass is 439 g/mol. The second-order valence-corrected chi connectivity index (χ2v) is 9.20. The highest BCUT2D eigenvalue weighted by Gasteiger charge is 2.50. The second-order valence-electron chi connectivity index (χ2n) is 7.44. The van der Waals surface area contributed by atoms with E-state index in [2.05, 4.69) is 5.32 Å². The molecule has 29 heavy (non-hydrogen) atoms. The molecule has 3 N–H and O–H groups in total. The lowest BCUT2D eigenvalue weighted by Crippen LogP contribution is -2.53. The Morgan fingerprint density at radius 3 is 2.24 bits per heavy atom. The standard InChI is InChI=1S/C18H33NO9S/c1-5-15(21)27-11-7-6-9-18(24,16(22)23)17(3,4)13-28-29(25,26)12-8-10-19-14(2)20/h24H,5-13H2,1-4H3,(H,19,20)(H,22,23)/t18-/m0/s1. The first-order chi connectivity index (χ1) is 13.3. The Labute approximate surface area is 172 Å². The Morgan fingerprint density at radius 2 is 1.72 bits per heavy atom. The molecule has 0 aliphatic rings. The Hall–Kier alpha value is -1.72. The van der Waals surface area contributed by atoms with Crippen LogP contribution >= 0.6 is 0 Å². The smallest absolute Gasteiger partial charge is 0.336 e. The number of ether oxygens (including phenoxy) is 1. The molecule has 170 valence electrons. The maximum absolute atomic E-state index is 12.0. The molecule has 1 atom stereocenters. The van der Waals surface area contributed by atoms with E-state index in [0.717, 1.165) is 0 Å². The lowest BCUT2D eigenvalue weighted by Gasteiger charge is -2.39. The number of carbonyl (C=O) groups is 3. The number of aliphatic hydroxyl groups is 1. The van der Waals surface area contributed by atoms with Crippen molar-refractivity contribution in [1.82, 2.24) is 5.32 Å². The molecule has 10 nitrogen and oxygen atoms in total. The first kappa shape index (κ1) is 27.3. The Morgan fingerprint density at radius 1 is 1.10 bits per heavy atom. The van der Waals surface area contributed by atoms with Gasteiger partial charge in [-0.25, -0.2) is 4.79 Å². The van der Waals surface area contributed by atoms with Crippen molar-refractivity contribution in [2.24, 2.45) is 5.41 Å². The van der Waals surface area contributed by atoms with Crippen LogP contribution < -0.4 is 5.32 Å². The number of hydrogen-bond donors (Lipinski definition) is 3. The molecule has 1 amide bonds. The number of nitrogens with one attached hydrogen (secondary N) is 1. The van der Waals surface area contributed by atoms with Crippen LogP contribution in [0.25, 0.3) is 0 Å². The van der Waals surface area contributed by atoms with Crippen LogP contribution in [0.4, 0.5) is 0 Å². The van der Waals surface area contributed by atoms with Crippen LogP contribution in [0.5, 0.6) is 0 Å². The van der Waals surface area contributed by atoms with Gasteiger partial charge in [0.05, 0.1) is 19.0 Å². The summed E-state index contributed by atoms with van der Waals surface area (Å²) in [4.78, 5) is 33.6. The van der Waals surface area contributed by atoms with Crippen molar-refractivity contribution < 1.29 is 41.9 Å². The van der Waals surface area contributed by atoms with Gasteiger partial charge in [-0.1, -0.05) is 20.8 Å². The summed E-state index contributed by atoms with van der Waals surface area (Å²) in [5.41, 5.74) is -3.64. The summed E-state index contributed by atoms with van der Waals surface area (Å²) in [6, 6.07) is 0. The molecule has 0 saturated carbocycles. The zero-order valence-corrected chi connectivity index (χ0v) is 18.3. The quantitative estimate of drug-likeness (QED) is 0.191. The van der Waals surface area contributed by atoms with Crippen LogP contribution in [0, 0.1) is 5.41 Å². The van der Waals surface area contributed by atoms with Gasteiger partial charge in [0.15, 0.2) is 5.60 Å². The number of esters is 1. The molecule has 0 spiro atoms. The molecular weight excluding hydrogens is 406 g/mol. The molecule has 0 aromatic rings. The SMILES string of the molecule is CCC(=O)OCCCC[C@](O)(C(=O)O)C(C)(C)COS(=O)(=O)CCCNC(C)=O. The van der Waals surface area contributed by atoms with E-state index in [0.29, 0.717) is 6.42 Å². The molecule has 0 fully saturated rings. The topological polar surface area (TPSA) is 156 Å². The van der Waals surface area contributed by atoms with Gasteiger partial charge in [-0.05, 0) is 25.7 Å². The number of amides is 1. The molecule has 0 saturated heterocycles. The summed E-state index contributed by atoms with van der Waals surface area (Å²) < 4.78 is 33.8. The Bertz CT molecular complexity index is 660. The molecular formula is C18H33NO9S. The summed E-state index contributed by atoms with van der Waals surface area (Å²) in [6.45, 7) is 5.54. The van der Waals surface area contributed by atoms with E-state index < -0.39 is 33.7 Å². The predicted octanol–water partition coefficient (Wildman–Crippen LogP) is 0.824. The van der Waals surface area contributed by atoms with Crippen molar-refractivity contribution in [3.05, 3.63) is 0 Å². The molecule has 0 aromatic carbocycles. The highest BCUT2D eigenvalue weighted by atomic mass is 32.2. The third-order valence-corrected chi connectivity index (χ3v) is 5.77. The number of carboxylic acids is 1. The van der Waals surface area contributed by atoms with E-state index in [-0.39, 0.29) is 56.5 Å². The van der Waals surface area contributed by atoms with Gasteiger partial charge in [0, 0.05) is 25.3 Å². The first-order valence-electron chi connectivity index (χ1n) is 9.50. The number of hydrogen-bond acceptors (Lipinski definition) is 8. The van der Waals surface area contributed by atoms with Crippen LogP contribution in [0.3, 0.4) is 0 Å². The third-order valence-electron chi connectivity index (χ3n) is 4.50. The summed E-state index contributed by atoms with van der Waals surface area (Å²) in [7, 11) is -3.95. The molecule has 11 heteroatoms. The van der Waals surface area contributed by atoms with Gasteiger partial charge in [0.2, 0.25) is 5.91 Å². The highest BCUT2D eigenvalue weighted by molar-refractivity contribution is 7.86. The highest BCUT2D eigenvalue weighted by Crippen LogP contribution is 2.36. The van der Waals surface area contributed by atoms with Crippen molar-refractivity contribution in [3.63, 3.8) is 0 Å². The van der Waals surface area contributed by atoms with Crippen LogP contribution in [0.1, 0.15) is 59.8 Å². The number of aliphatic carboxylic acids is 1. The maximum Gasteiger partial charge on any atom is 0.336 e. The largest absolute Gasteiger partial charge is 0.479 e. The van der Waals surface area contributed by atoms with Crippen molar-refractivity contribution in [1.29, 1.82) is 0 Å². The lowest BCUT2D eigenvalue weighted by molar-refractivity contribution is -0.177. The van der Waals surface area contributed by atoms with Gasteiger partial charge in [-0.3, -0.25) is 13.8 Å². The zero-order valence-electron chi connectivity index (χ0n) is 17.5. The fourth-order valence-corrected chi connectivity index (χ4v) is 3.52. The van der Waals surface area contributed by atoms with Crippen LogP contribution in [-0.4, -0.2) is 67.6 Å². The second kappa shape index (κ2) is 12.1. The van der Waals surface area contributed by atoms with Gasteiger partial charge in [0.25, 0.3) is 10.1 Å². The van der Waals surface area contributed by atoms with Gasteiger partial charge < -0.3 is 20.3 Å².